The maximum absolute atomic E-state index is 4.36. The molecule has 2 aliphatic rings. The Morgan fingerprint density at radius 1 is 1.14 bits per heavy atom. The maximum Gasteiger partial charge on any atom is 0.225 e. The summed E-state index contributed by atoms with van der Waals surface area (Å²) in [6.45, 7) is 10.0. The summed E-state index contributed by atoms with van der Waals surface area (Å²) in [7, 11) is 0. The van der Waals surface area contributed by atoms with E-state index in [0.717, 1.165) is 44.1 Å². The number of nitrogens with one attached hydrogen (secondary N) is 1. The van der Waals surface area contributed by atoms with E-state index in [9.17, 15) is 0 Å². The molecule has 1 aliphatic carbocycles. The van der Waals surface area contributed by atoms with E-state index in [0.29, 0.717) is 6.04 Å². The summed E-state index contributed by atoms with van der Waals surface area (Å²) in [5.74, 6) is 1.72. The number of piperazine rings is 1. The summed E-state index contributed by atoms with van der Waals surface area (Å²) in [4.78, 5) is 13.7. The van der Waals surface area contributed by atoms with Crippen LogP contribution in [0.5, 0.6) is 0 Å². The van der Waals surface area contributed by atoms with Crippen molar-refractivity contribution in [1.29, 1.82) is 0 Å². The van der Waals surface area contributed by atoms with Crippen LogP contribution >= 0.6 is 0 Å². The van der Waals surface area contributed by atoms with Gasteiger partial charge in [-0.15, -0.1) is 0 Å². The van der Waals surface area contributed by atoms with Gasteiger partial charge < -0.3 is 10.2 Å². The van der Waals surface area contributed by atoms with Gasteiger partial charge in [-0.3, -0.25) is 4.90 Å². The lowest BCUT2D eigenvalue weighted by Crippen LogP contribution is -2.57. The van der Waals surface area contributed by atoms with E-state index < -0.39 is 0 Å². The van der Waals surface area contributed by atoms with Gasteiger partial charge in [-0.1, -0.05) is 13.8 Å². The zero-order valence-corrected chi connectivity index (χ0v) is 13.2. The summed E-state index contributed by atoms with van der Waals surface area (Å²) >= 11 is 0. The summed E-state index contributed by atoms with van der Waals surface area (Å²) in [5, 5.41) is 3.59. The molecule has 5 nitrogen and oxygen atoms in total. The van der Waals surface area contributed by atoms with Gasteiger partial charge in [0.15, 0.2) is 0 Å². The quantitative estimate of drug-likeness (QED) is 0.887. The Hall–Kier alpha value is -1.20. The fourth-order valence-electron chi connectivity index (χ4n) is 3.37. The fraction of sp³-hybridized carbons (Fsp3) is 0.750. The highest BCUT2D eigenvalue weighted by Gasteiger charge is 2.36. The molecule has 1 aromatic rings. The molecule has 0 bridgehead atoms. The van der Waals surface area contributed by atoms with Crippen LogP contribution in [0, 0.1) is 5.92 Å². The zero-order valence-electron chi connectivity index (χ0n) is 13.2. The van der Waals surface area contributed by atoms with Crippen LogP contribution < -0.4 is 10.2 Å². The van der Waals surface area contributed by atoms with Crippen molar-refractivity contribution in [2.75, 3.05) is 37.6 Å². The minimum atomic E-state index is 0.596. The lowest BCUT2D eigenvalue weighted by molar-refractivity contribution is 0.0560. The van der Waals surface area contributed by atoms with E-state index in [4.69, 9.17) is 0 Å². The van der Waals surface area contributed by atoms with Crippen molar-refractivity contribution >= 4 is 5.95 Å². The Labute approximate surface area is 127 Å². The maximum atomic E-state index is 4.36. The normalized spacial score (nSPS) is 26.9. The molecule has 3 rings (SSSR count). The summed E-state index contributed by atoms with van der Waals surface area (Å²) in [6, 6.07) is 3.26. The lowest BCUT2D eigenvalue weighted by Gasteiger charge is -2.48. The van der Waals surface area contributed by atoms with Crippen molar-refractivity contribution in [3.05, 3.63) is 18.5 Å². The van der Waals surface area contributed by atoms with Gasteiger partial charge in [-0.05, 0) is 31.4 Å². The van der Waals surface area contributed by atoms with Crippen molar-refractivity contribution in [2.24, 2.45) is 5.92 Å². The average Bonchev–Trinajstić information content (AvgIpc) is 2.48. The van der Waals surface area contributed by atoms with Gasteiger partial charge in [0.2, 0.25) is 5.95 Å². The van der Waals surface area contributed by atoms with E-state index in [-0.39, 0.29) is 0 Å². The van der Waals surface area contributed by atoms with Crippen molar-refractivity contribution in [3.63, 3.8) is 0 Å². The molecule has 0 radical (unpaired) electrons. The minimum Gasteiger partial charge on any atom is -0.338 e. The smallest absolute Gasteiger partial charge is 0.225 e. The highest BCUT2D eigenvalue weighted by atomic mass is 15.3. The molecule has 1 aliphatic heterocycles. The Morgan fingerprint density at radius 3 is 2.43 bits per heavy atom. The summed E-state index contributed by atoms with van der Waals surface area (Å²) in [6.07, 6.45) is 6.40. The Bertz CT molecular complexity index is 428. The number of hydrogen-bond acceptors (Lipinski definition) is 5. The van der Waals surface area contributed by atoms with Gasteiger partial charge >= 0.3 is 0 Å². The largest absolute Gasteiger partial charge is 0.338 e. The van der Waals surface area contributed by atoms with Gasteiger partial charge in [-0.25, -0.2) is 9.97 Å². The molecule has 1 saturated carbocycles. The Kier molecular flexibility index (Phi) is 4.70. The van der Waals surface area contributed by atoms with Crippen LogP contribution in [0.4, 0.5) is 5.95 Å². The van der Waals surface area contributed by atoms with E-state index in [1.54, 1.807) is 0 Å². The average molecular weight is 289 g/mol. The number of aromatic nitrogens is 2. The van der Waals surface area contributed by atoms with Crippen LogP contribution in [0.15, 0.2) is 18.5 Å². The third-order valence-electron chi connectivity index (χ3n) is 4.78. The van der Waals surface area contributed by atoms with Crippen LogP contribution in [-0.2, 0) is 0 Å². The molecule has 0 amide bonds. The zero-order chi connectivity index (χ0) is 14.7. The highest BCUT2D eigenvalue weighted by molar-refractivity contribution is 5.29. The molecular formula is C16H27N5. The third kappa shape index (κ3) is 3.52. The number of anilines is 1. The van der Waals surface area contributed by atoms with Gasteiger partial charge in [-0.2, -0.15) is 0 Å². The van der Waals surface area contributed by atoms with Gasteiger partial charge in [0.1, 0.15) is 0 Å². The van der Waals surface area contributed by atoms with Crippen LogP contribution in [0.3, 0.4) is 0 Å². The van der Waals surface area contributed by atoms with Crippen molar-refractivity contribution in [3.8, 4) is 0 Å². The molecular weight excluding hydrogens is 262 g/mol. The van der Waals surface area contributed by atoms with E-state index in [2.05, 4.69) is 38.9 Å². The molecule has 0 spiro atoms. The first-order valence-corrected chi connectivity index (χ1v) is 8.23. The standard InChI is InChI=1S/C16H27N5/c1-13(2)19-12-14-4-5-15(14)20-8-10-21(11-9-20)16-17-6-3-7-18-16/h3,6-7,13-15,19H,4-5,8-12H2,1-2H3. The molecule has 5 heteroatoms. The number of nitrogens with zero attached hydrogens (tertiary/aromatic N) is 4. The number of hydrogen-bond donors (Lipinski definition) is 1. The highest BCUT2D eigenvalue weighted by Crippen LogP contribution is 2.32. The molecule has 2 atom stereocenters. The lowest BCUT2D eigenvalue weighted by atomic mass is 9.78. The fourth-order valence-corrected chi connectivity index (χ4v) is 3.37. The van der Waals surface area contributed by atoms with Crippen molar-refractivity contribution in [2.45, 2.75) is 38.8 Å². The molecule has 2 heterocycles. The van der Waals surface area contributed by atoms with Crippen LogP contribution in [0.1, 0.15) is 26.7 Å². The monoisotopic (exact) mass is 289 g/mol. The van der Waals surface area contributed by atoms with Crippen LogP contribution in [0.25, 0.3) is 0 Å². The molecule has 21 heavy (non-hydrogen) atoms. The second kappa shape index (κ2) is 6.71. The van der Waals surface area contributed by atoms with E-state index in [1.165, 1.54) is 19.4 Å². The van der Waals surface area contributed by atoms with Gasteiger partial charge in [0.25, 0.3) is 0 Å². The first kappa shape index (κ1) is 14.7. The Balaban J connectivity index is 1.47. The second-order valence-corrected chi connectivity index (χ2v) is 6.54. The van der Waals surface area contributed by atoms with Crippen LogP contribution in [-0.4, -0.2) is 59.7 Å². The summed E-state index contributed by atoms with van der Waals surface area (Å²) in [5.41, 5.74) is 0. The van der Waals surface area contributed by atoms with Gasteiger partial charge in [0, 0.05) is 50.7 Å². The van der Waals surface area contributed by atoms with Crippen molar-refractivity contribution in [1.82, 2.24) is 20.2 Å². The van der Waals surface area contributed by atoms with Crippen molar-refractivity contribution < 1.29 is 0 Å². The molecule has 2 unspecified atom stereocenters. The minimum absolute atomic E-state index is 0.596. The molecule has 2 fully saturated rings. The molecule has 1 saturated heterocycles. The molecule has 0 aromatic carbocycles. The molecule has 1 N–H and O–H groups in total. The van der Waals surface area contributed by atoms with E-state index in [1.807, 2.05) is 18.5 Å². The van der Waals surface area contributed by atoms with Gasteiger partial charge in [0.05, 0.1) is 0 Å². The number of rotatable bonds is 5. The van der Waals surface area contributed by atoms with E-state index >= 15 is 0 Å². The topological polar surface area (TPSA) is 44.3 Å². The second-order valence-electron chi connectivity index (χ2n) is 6.54. The first-order valence-electron chi connectivity index (χ1n) is 8.23. The SMILES string of the molecule is CC(C)NCC1CCC1N1CCN(c2ncccn2)CC1. The predicted molar refractivity (Wildman–Crippen MR) is 85.5 cm³/mol. The van der Waals surface area contributed by atoms with Crippen LogP contribution in [0.2, 0.25) is 0 Å². The first-order chi connectivity index (χ1) is 10.2. The summed E-state index contributed by atoms with van der Waals surface area (Å²) < 4.78 is 0. The molecule has 116 valence electrons. The third-order valence-corrected chi connectivity index (χ3v) is 4.78. The Morgan fingerprint density at radius 2 is 1.86 bits per heavy atom. The molecule has 1 aromatic heterocycles. The predicted octanol–water partition coefficient (Wildman–Crippen LogP) is 1.38.